The number of phosphoric ester groups is 1. The fraction of sp³-hybridized carbons (Fsp3) is 0.600. The van der Waals surface area contributed by atoms with Crippen LogP contribution in [-0.4, -0.2) is 42.4 Å². The molecule has 0 bridgehead atoms. The minimum Gasteiger partial charge on any atom is -0.497 e. The highest BCUT2D eigenvalue weighted by atomic mass is 31.2. The summed E-state index contributed by atoms with van der Waals surface area (Å²) >= 11 is 0. The van der Waals surface area contributed by atoms with Crippen molar-refractivity contribution in [2.45, 2.75) is 25.9 Å². The molecule has 7 heteroatoms. The van der Waals surface area contributed by atoms with E-state index < -0.39 is 13.4 Å². The Hall–Kier alpha value is -0.910. The Kier molecular flexibility index (Phi) is 6.59. The van der Waals surface area contributed by atoms with Gasteiger partial charge in [-0.05, 0) is 44.1 Å². The molecule has 126 valence electrons. The minimum atomic E-state index is -4.65. The first-order valence-corrected chi connectivity index (χ1v) is 8.69. The summed E-state index contributed by atoms with van der Waals surface area (Å²) in [6.45, 7) is 4.42. The zero-order chi connectivity index (χ0) is 17.0. The molecular formula is C15H26NO5P. The van der Waals surface area contributed by atoms with Crippen molar-refractivity contribution < 1.29 is 23.6 Å². The third-order valence-corrected chi connectivity index (χ3v) is 4.27. The zero-order valence-corrected chi connectivity index (χ0v) is 14.7. The van der Waals surface area contributed by atoms with E-state index >= 15 is 0 Å². The van der Waals surface area contributed by atoms with Gasteiger partial charge in [-0.15, -0.1) is 0 Å². The predicted molar refractivity (Wildman–Crippen MR) is 85.8 cm³/mol. The van der Waals surface area contributed by atoms with Gasteiger partial charge in [0.15, 0.2) is 0 Å². The van der Waals surface area contributed by atoms with Gasteiger partial charge in [-0.3, -0.25) is 4.52 Å². The van der Waals surface area contributed by atoms with Crippen LogP contribution >= 0.6 is 7.82 Å². The van der Waals surface area contributed by atoms with E-state index in [0.717, 1.165) is 0 Å². The topological polar surface area (TPSA) is 79.2 Å². The maximum atomic E-state index is 11.6. The van der Waals surface area contributed by atoms with Crippen molar-refractivity contribution in [3.63, 3.8) is 0 Å². The largest absolute Gasteiger partial charge is 0.497 e. The summed E-state index contributed by atoms with van der Waals surface area (Å²) < 4.78 is 22.1. The lowest BCUT2D eigenvalue weighted by Crippen LogP contribution is -2.37. The van der Waals surface area contributed by atoms with Gasteiger partial charge in [0, 0.05) is 6.54 Å². The molecule has 0 aliphatic carbocycles. The van der Waals surface area contributed by atoms with E-state index in [2.05, 4.69) is 0 Å². The lowest BCUT2D eigenvalue weighted by Gasteiger charge is -2.38. The molecule has 2 N–H and O–H groups in total. The van der Waals surface area contributed by atoms with Gasteiger partial charge in [0.25, 0.3) is 0 Å². The van der Waals surface area contributed by atoms with Gasteiger partial charge >= 0.3 is 7.82 Å². The fourth-order valence-electron chi connectivity index (χ4n) is 2.46. The van der Waals surface area contributed by atoms with Gasteiger partial charge in [0.05, 0.1) is 7.11 Å². The Morgan fingerprint density at radius 1 is 1.32 bits per heavy atom. The van der Waals surface area contributed by atoms with Gasteiger partial charge in [-0.2, -0.15) is 0 Å². The molecule has 0 amide bonds. The molecule has 1 atom stereocenters. The Labute approximate surface area is 132 Å². The number of hydrogen-bond donors (Lipinski definition) is 2. The molecule has 0 heterocycles. The average molecular weight is 331 g/mol. The van der Waals surface area contributed by atoms with E-state index in [4.69, 9.17) is 9.26 Å². The van der Waals surface area contributed by atoms with Crippen molar-refractivity contribution in [1.82, 2.24) is 4.90 Å². The third kappa shape index (κ3) is 5.07. The lowest BCUT2D eigenvalue weighted by atomic mass is 9.80. The Bertz CT molecular complexity index is 528. The number of phosphoric acid groups is 1. The summed E-state index contributed by atoms with van der Waals surface area (Å²) in [6.07, 6.45) is 0.454. The number of nitrogens with zero attached hydrogens (tertiary/aromatic N) is 1. The van der Waals surface area contributed by atoms with E-state index in [9.17, 15) is 14.4 Å². The van der Waals surface area contributed by atoms with Crippen LogP contribution in [0.25, 0.3) is 0 Å². The Balaban J connectivity index is 3.35. The van der Waals surface area contributed by atoms with Gasteiger partial charge in [-0.25, -0.2) is 4.57 Å². The maximum Gasteiger partial charge on any atom is 0.470 e. The summed E-state index contributed by atoms with van der Waals surface area (Å²) in [5, 5.41) is 0. The van der Waals surface area contributed by atoms with Gasteiger partial charge < -0.3 is 19.4 Å². The zero-order valence-electron chi connectivity index (χ0n) is 13.8. The van der Waals surface area contributed by atoms with Gasteiger partial charge in [0.2, 0.25) is 0 Å². The molecule has 0 aromatic heterocycles. The second-order valence-electron chi connectivity index (χ2n) is 5.91. The van der Waals surface area contributed by atoms with Crippen LogP contribution in [0, 0.1) is 5.92 Å². The molecule has 0 saturated carbocycles. The van der Waals surface area contributed by atoms with Crippen LogP contribution in [0.1, 0.15) is 25.8 Å². The van der Waals surface area contributed by atoms with E-state index in [-0.39, 0.29) is 5.92 Å². The monoisotopic (exact) mass is 331 g/mol. The van der Waals surface area contributed by atoms with Crippen LogP contribution in [-0.2, 0) is 14.7 Å². The summed E-state index contributed by atoms with van der Waals surface area (Å²) in [6, 6.07) is 7.17. The molecule has 0 spiro atoms. The van der Waals surface area contributed by atoms with E-state index in [1.165, 1.54) is 0 Å². The van der Waals surface area contributed by atoms with Crippen LogP contribution in [0.4, 0.5) is 0 Å². The molecule has 0 saturated heterocycles. The SMILES string of the molecule is COc1cccc([C@](CCN(C)C)(OP(=O)(O)O)C(C)C)c1. The van der Waals surface area contributed by atoms with E-state index in [1.54, 1.807) is 25.3 Å². The first-order chi connectivity index (χ1) is 10.1. The first-order valence-electron chi connectivity index (χ1n) is 7.16. The smallest absolute Gasteiger partial charge is 0.470 e. The number of ether oxygens (including phenoxy) is 1. The Morgan fingerprint density at radius 2 is 1.95 bits per heavy atom. The predicted octanol–water partition coefficient (Wildman–Crippen LogP) is 2.61. The van der Waals surface area contributed by atoms with Crippen LogP contribution in [0.3, 0.4) is 0 Å². The lowest BCUT2D eigenvalue weighted by molar-refractivity contribution is -0.0215. The Morgan fingerprint density at radius 3 is 2.41 bits per heavy atom. The molecular weight excluding hydrogens is 305 g/mol. The molecule has 1 aromatic carbocycles. The highest BCUT2D eigenvalue weighted by Gasteiger charge is 2.42. The standard InChI is InChI=1S/C15H26NO5P/c1-12(2)15(9-10-16(3)4,21-22(17,18)19)13-7-6-8-14(11-13)20-5/h6-8,11-12H,9-10H2,1-5H3,(H2,17,18,19)/t15-/m1/s1. The quantitative estimate of drug-likeness (QED) is 0.713. The van der Waals surface area contributed by atoms with Gasteiger partial charge in [-0.1, -0.05) is 26.0 Å². The van der Waals surface area contributed by atoms with Crippen molar-refractivity contribution >= 4 is 7.82 Å². The first kappa shape index (κ1) is 19.1. The van der Waals surface area contributed by atoms with Crippen molar-refractivity contribution in [3.05, 3.63) is 29.8 Å². The molecule has 0 aliphatic rings. The highest BCUT2D eigenvalue weighted by molar-refractivity contribution is 7.46. The van der Waals surface area contributed by atoms with E-state index in [1.807, 2.05) is 38.9 Å². The molecule has 22 heavy (non-hydrogen) atoms. The molecule has 1 aromatic rings. The van der Waals surface area contributed by atoms with Crippen LogP contribution in [0.5, 0.6) is 5.75 Å². The van der Waals surface area contributed by atoms with Crippen molar-refractivity contribution in [3.8, 4) is 5.75 Å². The highest BCUT2D eigenvalue weighted by Crippen LogP contribution is 2.51. The number of benzene rings is 1. The summed E-state index contributed by atoms with van der Waals surface area (Å²) in [5.74, 6) is 0.494. The number of rotatable bonds is 8. The number of hydrogen-bond acceptors (Lipinski definition) is 4. The van der Waals surface area contributed by atoms with Crippen LogP contribution in [0.2, 0.25) is 0 Å². The van der Waals surface area contributed by atoms with Crippen LogP contribution in [0.15, 0.2) is 24.3 Å². The normalized spacial score (nSPS) is 15.1. The van der Waals surface area contributed by atoms with Crippen molar-refractivity contribution in [1.29, 1.82) is 0 Å². The molecule has 0 radical (unpaired) electrons. The van der Waals surface area contributed by atoms with Gasteiger partial charge in [0.1, 0.15) is 11.4 Å². The fourth-order valence-corrected chi connectivity index (χ4v) is 3.29. The average Bonchev–Trinajstić information content (AvgIpc) is 2.42. The maximum absolute atomic E-state index is 11.6. The third-order valence-electron chi connectivity index (χ3n) is 3.70. The molecule has 0 unspecified atom stereocenters. The van der Waals surface area contributed by atoms with Crippen molar-refractivity contribution in [2.75, 3.05) is 27.7 Å². The summed E-state index contributed by atoms with van der Waals surface area (Å²) in [4.78, 5) is 20.8. The summed E-state index contributed by atoms with van der Waals surface area (Å²) in [5.41, 5.74) is -0.385. The second-order valence-corrected chi connectivity index (χ2v) is 7.08. The molecule has 6 nitrogen and oxygen atoms in total. The molecule has 0 fully saturated rings. The summed E-state index contributed by atoms with van der Waals surface area (Å²) in [7, 11) is 0.728. The minimum absolute atomic E-state index is 0.132. The number of methoxy groups -OCH3 is 1. The van der Waals surface area contributed by atoms with Crippen LogP contribution < -0.4 is 4.74 Å². The molecule has 1 rings (SSSR count). The van der Waals surface area contributed by atoms with E-state index in [0.29, 0.717) is 24.3 Å². The van der Waals surface area contributed by atoms with Crippen molar-refractivity contribution in [2.24, 2.45) is 5.92 Å². The molecule has 0 aliphatic heterocycles. The second kappa shape index (κ2) is 7.57.